The Labute approximate surface area is 123 Å². The Kier molecular flexibility index (Phi) is 5.05. The highest BCUT2D eigenvalue weighted by Gasteiger charge is 2.21. The van der Waals surface area contributed by atoms with Crippen molar-refractivity contribution in [3.8, 4) is 0 Å². The van der Waals surface area contributed by atoms with Crippen molar-refractivity contribution in [3.63, 3.8) is 0 Å². The van der Waals surface area contributed by atoms with Gasteiger partial charge in [-0.15, -0.1) is 5.10 Å². The Morgan fingerprint density at radius 3 is 2.71 bits per heavy atom. The first kappa shape index (κ1) is 15.2. The van der Waals surface area contributed by atoms with E-state index in [0.29, 0.717) is 12.1 Å². The van der Waals surface area contributed by atoms with Crippen molar-refractivity contribution in [2.45, 2.75) is 32.4 Å². The molecule has 0 aliphatic carbocycles. The first-order chi connectivity index (χ1) is 10.2. The molecule has 0 aliphatic heterocycles. The molecule has 0 saturated heterocycles. The number of carbonyl (C=O) groups excluding carboxylic acids is 1. The molecule has 0 bridgehead atoms. The van der Waals surface area contributed by atoms with E-state index < -0.39 is 12.1 Å². The van der Waals surface area contributed by atoms with Gasteiger partial charge in [0, 0.05) is 0 Å². The lowest BCUT2D eigenvalue weighted by atomic mass is 10.1. The summed E-state index contributed by atoms with van der Waals surface area (Å²) in [7, 11) is 1.32. The number of hydrogen-bond donors (Lipinski definition) is 1. The smallest absolute Gasteiger partial charge is 0.360 e. The number of nitrogens with zero attached hydrogens (tertiary/aromatic N) is 3. The molecule has 2 aromatic rings. The maximum Gasteiger partial charge on any atom is 0.360 e. The lowest BCUT2D eigenvalue weighted by Crippen LogP contribution is -2.14. The van der Waals surface area contributed by atoms with Gasteiger partial charge in [-0.1, -0.05) is 48.9 Å². The average Bonchev–Trinajstić information content (AvgIpc) is 2.90. The highest BCUT2D eigenvalue weighted by molar-refractivity contribution is 5.88. The second-order valence-electron chi connectivity index (χ2n) is 4.73. The van der Waals surface area contributed by atoms with Crippen LogP contribution < -0.4 is 0 Å². The Bertz CT molecular complexity index is 595. The summed E-state index contributed by atoms with van der Waals surface area (Å²) in [5, 5.41) is 18.1. The van der Waals surface area contributed by atoms with Crippen LogP contribution in [0.1, 0.15) is 41.2 Å². The van der Waals surface area contributed by atoms with Gasteiger partial charge in [-0.3, -0.25) is 0 Å². The van der Waals surface area contributed by atoms with Crippen molar-refractivity contribution in [2.75, 3.05) is 7.11 Å². The SMILES string of the molecule is CCCc1c(C(=O)OC)nnn1CC(O)c1ccccc1. The second kappa shape index (κ2) is 6.99. The van der Waals surface area contributed by atoms with Crippen molar-refractivity contribution in [2.24, 2.45) is 0 Å². The van der Waals surface area contributed by atoms with Crippen LogP contribution in [0.4, 0.5) is 0 Å². The topological polar surface area (TPSA) is 77.2 Å². The van der Waals surface area contributed by atoms with Crippen LogP contribution in [-0.2, 0) is 17.7 Å². The van der Waals surface area contributed by atoms with Gasteiger partial charge in [0.05, 0.1) is 25.5 Å². The monoisotopic (exact) mass is 289 g/mol. The Morgan fingerprint density at radius 1 is 1.38 bits per heavy atom. The molecule has 2 rings (SSSR count). The van der Waals surface area contributed by atoms with E-state index in [1.807, 2.05) is 37.3 Å². The molecule has 1 aromatic heterocycles. The van der Waals surface area contributed by atoms with Crippen LogP contribution in [0.2, 0.25) is 0 Å². The van der Waals surface area contributed by atoms with Crippen molar-refractivity contribution < 1.29 is 14.6 Å². The Hall–Kier alpha value is -2.21. The minimum atomic E-state index is -0.700. The van der Waals surface area contributed by atoms with Gasteiger partial charge in [-0.25, -0.2) is 9.48 Å². The van der Waals surface area contributed by atoms with Gasteiger partial charge < -0.3 is 9.84 Å². The molecule has 1 N–H and O–H groups in total. The van der Waals surface area contributed by atoms with Crippen LogP contribution in [0.5, 0.6) is 0 Å². The molecule has 112 valence electrons. The van der Waals surface area contributed by atoms with E-state index in [-0.39, 0.29) is 12.2 Å². The maximum absolute atomic E-state index is 11.7. The Balaban J connectivity index is 2.23. The molecule has 0 aliphatic rings. The molecule has 0 spiro atoms. The molecule has 0 amide bonds. The van der Waals surface area contributed by atoms with Crippen LogP contribution >= 0.6 is 0 Å². The number of methoxy groups -OCH3 is 1. The molecule has 0 radical (unpaired) electrons. The van der Waals surface area contributed by atoms with Gasteiger partial charge in [0.2, 0.25) is 0 Å². The molecular formula is C15H19N3O3. The van der Waals surface area contributed by atoms with Gasteiger partial charge in [0.1, 0.15) is 0 Å². The first-order valence-corrected chi connectivity index (χ1v) is 6.91. The average molecular weight is 289 g/mol. The third-order valence-electron chi connectivity index (χ3n) is 3.23. The molecule has 6 heteroatoms. The number of aromatic nitrogens is 3. The summed E-state index contributed by atoms with van der Waals surface area (Å²) in [5.74, 6) is -0.501. The molecule has 1 aromatic carbocycles. The van der Waals surface area contributed by atoms with E-state index in [1.54, 1.807) is 4.68 Å². The van der Waals surface area contributed by atoms with Crippen LogP contribution in [0.3, 0.4) is 0 Å². The van der Waals surface area contributed by atoms with Gasteiger partial charge in [0.15, 0.2) is 5.69 Å². The molecule has 0 fully saturated rings. The van der Waals surface area contributed by atoms with Gasteiger partial charge >= 0.3 is 5.97 Å². The van der Waals surface area contributed by atoms with E-state index in [1.165, 1.54) is 7.11 Å². The second-order valence-corrected chi connectivity index (χ2v) is 4.73. The zero-order valence-corrected chi connectivity index (χ0v) is 12.2. The minimum Gasteiger partial charge on any atom is -0.464 e. The molecule has 1 heterocycles. The minimum absolute atomic E-state index is 0.222. The number of rotatable bonds is 6. The van der Waals surface area contributed by atoms with Gasteiger partial charge in [-0.05, 0) is 12.0 Å². The van der Waals surface area contributed by atoms with Crippen LogP contribution in [0.15, 0.2) is 30.3 Å². The molecule has 1 unspecified atom stereocenters. The molecule has 21 heavy (non-hydrogen) atoms. The van der Waals surface area contributed by atoms with E-state index in [0.717, 1.165) is 12.0 Å². The fourth-order valence-electron chi connectivity index (χ4n) is 2.16. The highest BCUT2D eigenvalue weighted by Crippen LogP contribution is 2.17. The fourth-order valence-corrected chi connectivity index (χ4v) is 2.16. The summed E-state index contributed by atoms with van der Waals surface area (Å²) >= 11 is 0. The lowest BCUT2D eigenvalue weighted by molar-refractivity contribution is 0.0592. The van der Waals surface area contributed by atoms with E-state index in [4.69, 9.17) is 4.74 Å². The van der Waals surface area contributed by atoms with E-state index in [2.05, 4.69) is 10.3 Å². The fraction of sp³-hybridized carbons (Fsp3) is 0.400. The Morgan fingerprint density at radius 2 is 2.10 bits per heavy atom. The largest absolute Gasteiger partial charge is 0.464 e. The van der Waals surface area contributed by atoms with Crippen molar-refractivity contribution in [1.82, 2.24) is 15.0 Å². The molecule has 1 atom stereocenters. The zero-order valence-electron chi connectivity index (χ0n) is 12.2. The third kappa shape index (κ3) is 3.46. The summed E-state index contributed by atoms with van der Waals surface area (Å²) < 4.78 is 6.29. The van der Waals surface area contributed by atoms with Crippen molar-refractivity contribution in [3.05, 3.63) is 47.3 Å². The first-order valence-electron chi connectivity index (χ1n) is 6.91. The summed E-state index contributed by atoms with van der Waals surface area (Å²) in [4.78, 5) is 11.7. The number of hydrogen-bond acceptors (Lipinski definition) is 5. The number of ether oxygens (including phenoxy) is 1. The summed E-state index contributed by atoms with van der Waals surface area (Å²) in [6.07, 6.45) is 0.798. The highest BCUT2D eigenvalue weighted by atomic mass is 16.5. The van der Waals surface area contributed by atoms with Gasteiger partial charge in [0.25, 0.3) is 0 Å². The van der Waals surface area contributed by atoms with Gasteiger partial charge in [-0.2, -0.15) is 0 Å². The van der Waals surface area contributed by atoms with Crippen LogP contribution in [0.25, 0.3) is 0 Å². The predicted molar refractivity (Wildman–Crippen MR) is 76.8 cm³/mol. The number of aliphatic hydroxyl groups excluding tert-OH is 1. The standard InChI is InChI=1S/C15H19N3O3/c1-3-7-12-14(15(20)21-2)16-17-18(12)10-13(19)11-8-5-4-6-9-11/h4-6,8-9,13,19H,3,7,10H2,1-2H3. The zero-order chi connectivity index (χ0) is 15.2. The normalized spacial score (nSPS) is 12.1. The van der Waals surface area contributed by atoms with E-state index >= 15 is 0 Å². The quantitative estimate of drug-likeness (QED) is 0.820. The van der Waals surface area contributed by atoms with Crippen LogP contribution in [-0.4, -0.2) is 33.2 Å². The maximum atomic E-state index is 11.7. The molecule has 6 nitrogen and oxygen atoms in total. The predicted octanol–water partition coefficient (Wildman–Crippen LogP) is 1.75. The molecular weight excluding hydrogens is 270 g/mol. The van der Waals surface area contributed by atoms with Crippen molar-refractivity contribution >= 4 is 5.97 Å². The van der Waals surface area contributed by atoms with E-state index in [9.17, 15) is 9.90 Å². The lowest BCUT2D eigenvalue weighted by Gasteiger charge is -2.12. The number of esters is 1. The van der Waals surface area contributed by atoms with Crippen molar-refractivity contribution in [1.29, 1.82) is 0 Å². The molecule has 0 saturated carbocycles. The third-order valence-corrected chi connectivity index (χ3v) is 3.23. The summed E-state index contributed by atoms with van der Waals surface area (Å²) in [6.45, 7) is 2.26. The number of carbonyl (C=O) groups is 1. The number of aliphatic hydroxyl groups is 1. The summed E-state index contributed by atoms with van der Waals surface area (Å²) in [6, 6.07) is 9.33. The number of benzene rings is 1. The summed E-state index contributed by atoms with van der Waals surface area (Å²) in [5.41, 5.74) is 1.72. The van der Waals surface area contributed by atoms with Crippen LogP contribution in [0, 0.1) is 0 Å².